The van der Waals surface area contributed by atoms with Gasteiger partial charge in [0.15, 0.2) is 0 Å². The number of amides is 1. The fourth-order valence-corrected chi connectivity index (χ4v) is 2.03. The van der Waals surface area contributed by atoms with E-state index in [0.29, 0.717) is 11.3 Å². The van der Waals surface area contributed by atoms with Crippen molar-refractivity contribution >= 4 is 23.3 Å². The van der Waals surface area contributed by atoms with E-state index in [1.165, 1.54) is 10.7 Å². The van der Waals surface area contributed by atoms with E-state index in [4.69, 9.17) is 5.11 Å². The van der Waals surface area contributed by atoms with E-state index in [0.717, 1.165) is 12.4 Å². The summed E-state index contributed by atoms with van der Waals surface area (Å²) >= 11 is 0. The van der Waals surface area contributed by atoms with Crippen LogP contribution in [0.5, 0.6) is 0 Å². The zero-order chi connectivity index (χ0) is 18.1. The van der Waals surface area contributed by atoms with Crippen LogP contribution in [0.15, 0.2) is 30.6 Å². The van der Waals surface area contributed by atoms with Gasteiger partial charge in [0, 0.05) is 5.69 Å². The minimum atomic E-state index is -1.21. The second kappa shape index (κ2) is 6.11. The van der Waals surface area contributed by atoms with Gasteiger partial charge in [0.1, 0.15) is 17.9 Å². The molecule has 24 heavy (non-hydrogen) atoms. The Bertz CT molecular complexity index is 825. The van der Waals surface area contributed by atoms with Crippen LogP contribution in [0.3, 0.4) is 0 Å². The molecule has 9 heteroatoms. The third-order valence-corrected chi connectivity index (χ3v) is 3.63. The lowest BCUT2D eigenvalue weighted by atomic mass is 10.0. The van der Waals surface area contributed by atoms with E-state index in [1.54, 1.807) is 32.9 Å². The van der Waals surface area contributed by atoms with Crippen molar-refractivity contribution in [3.8, 4) is 0 Å². The Balaban J connectivity index is 2.26. The molecule has 1 aromatic carbocycles. The van der Waals surface area contributed by atoms with Crippen LogP contribution in [-0.2, 0) is 10.3 Å². The van der Waals surface area contributed by atoms with Gasteiger partial charge in [0.05, 0.1) is 10.5 Å². The second-order valence-electron chi connectivity index (χ2n) is 5.75. The summed E-state index contributed by atoms with van der Waals surface area (Å²) in [6.07, 6.45) is 2.22. The number of carbonyl (C=O) groups excluding carboxylic acids is 1. The molecule has 0 fully saturated rings. The number of carboxylic acid groups (broad SMARTS) is 1. The largest absolute Gasteiger partial charge is 0.478 e. The number of carbonyl (C=O) groups is 2. The normalized spacial score (nSPS) is 11.1. The molecule has 0 bridgehead atoms. The summed E-state index contributed by atoms with van der Waals surface area (Å²) in [6.45, 7) is 4.75. The lowest BCUT2D eigenvalue weighted by molar-refractivity contribution is -0.385. The second-order valence-corrected chi connectivity index (χ2v) is 5.75. The number of rotatable bonds is 5. The molecule has 0 aliphatic heterocycles. The van der Waals surface area contributed by atoms with Crippen LogP contribution in [0.4, 0.5) is 11.4 Å². The molecule has 0 spiro atoms. The maximum atomic E-state index is 12.5. The Kier molecular flexibility index (Phi) is 4.36. The lowest BCUT2D eigenvalue weighted by Gasteiger charge is -2.24. The predicted octanol–water partition coefficient (Wildman–Crippen LogP) is 2.17. The average molecular weight is 332 g/mol. The predicted molar refractivity (Wildman–Crippen MR) is 85.0 cm³/mol. The molecule has 126 valence electrons. The molecule has 1 heterocycles. The zero-order valence-electron chi connectivity index (χ0n) is 13.3. The van der Waals surface area contributed by atoms with Crippen LogP contribution < -0.4 is 5.32 Å². The van der Waals surface area contributed by atoms with E-state index in [9.17, 15) is 19.7 Å². The fourth-order valence-electron chi connectivity index (χ4n) is 2.03. The van der Waals surface area contributed by atoms with Gasteiger partial charge in [0.2, 0.25) is 0 Å². The molecule has 9 nitrogen and oxygen atoms in total. The number of nitrogens with one attached hydrogen (secondary N) is 1. The topological polar surface area (TPSA) is 127 Å². The molecule has 1 aromatic heterocycles. The van der Waals surface area contributed by atoms with Gasteiger partial charge in [0.25, 0.3) is 5.91 Å². The van der Waals surface area contributed by atoms with Crippen molar-refractivity contribution in [2.45, 2.75) is 26.3 Å². The van der Waals surface area contributed by atoms with Crippen LogP contribution >= 0.6 is 0 Å². The average Bonchev–Trinajstić information content (AvgIpc) is 2.99. The van der Waals surface area contributed by atoms with Crippen LogP contribution in [0.2, 0.25) is 0 Å². The molecule has 0 atom stereocenters. The van der Waals surface area contributed by atoms with Gasteiger partial charge in [-0.05, 0) is 38.5 Å². The number of aromatic nitrogens is 2. The first kappa shape index (κ1) is 17.1. The van der Waals surface area contributed by atoms with Crippen LogP contribution in [-0.4, -0.2) is 31.7 Å². The molecule has 1 amide bonds. The quantitative estimate of drug-likeness (QED) is 0.638. The zero-order valence-corrected chi connectivity index (χ0v) is 13.3. The number of benzene rings is 1. The third-order valence-electron chi connectivity index (χ3n) is 3.63. The van der Waals surface area contributed by atoms with Gasteiger partial charge >= 0.3 is 11.7 Å². The maximum Gasteiger partial charge on any atom is 0.336 e. The standard InChI is InChI=1S/C15H16N4O5/c1-9-4-5-10(6-12(9)13(20)21)17-14(22)15(2,3)18-8-11(7-16-18)19(23)24/h4-8H,1-3H3,(H,17,22)(H,20,21). The highest BCUT2D eigenvalue weighted by Crippen LogP contribution is 2.22. The number of hydrogen-bond acceptors (Lipinski definition) is 5. The Hall–Kier alpha value is -3.23. The number of hydrogen-bond donors (Lipinski definition) is 2. The molecule has 0 radical (unpaired) electrons. The van der Waals surface area contributed by atoms with Gasteiger partial charge in [-0.25, -0.2) is 4.79 Å². The number of anilines is 1. The maximum absolute atomic E-state index is 12.5. The van der Waals surface area contributed by atoms with E-state index in [-0.39, 0.29) is 11.3 Å². The molecule has 0 aliphatic carbocycles. The highest BCUT2D eigenvalue weighted by Gasteiger charge is 2.32. The smallest absolute Gasteiger partial charge is 0.336 e. The summed E-state index contributed by atoms with van der Waals surface area (Å²) in [5, 5.41) is 26.3. The fraction of sp³-hybridized carbons (Fsp3) is 0.267. The summed E-state index contributed by atoms with van der Waals surface area (Å²) in [5.41, 5.74) is -0.456. The van der Waals surface area contributed by atoms with Crippen molar-refractivity contribution in [1.29, 1.82) is 0 Å². The Morgan fingerprint density at radius 3 is 2.58 bits per heavy atom. The first-order valence-corrected chi connectivity index (χ1v) is 6.98. The van der Waals surface area contributed by atoms with E-state index < -0.39 is 22.3 Å². The molecule has 0 saturated heterocycles. The van der Waals surface area contributed by atoms with E-state index >= 15 is 0 Å². The van der Waals surface area contributed by atoms with Crippen molar-refractivity contribution in [1.82, 2.24) is 9.78 Å². The van der Waals surface area contributed by atoms with Crippen molar-refractivity contribution in [3.05, 3.63) is 51.8 Å². The monoisotopic (exact) mass is 332 g/mol. The van der Waals surface area contributed by atoms with Crippen molar-refractivity contribution in [2.24, 2.45) is 0 Å². The summed E-state index contributed by atoms with van der Waals surface area (Å²) in [4.78, 5) is 33.8. The highest BCUT2D eigenvalue weighted by molar-refractivity contribution is 5.98. The van der Waals surface area contributed by atoms with E-state index in [2.05, 4.69) is 10.4 Å². The number of aromatic carboxylic acids is 1. The Labute approximate surface area is 137 Å². The van der Waals surface area contributed by atoms with Crippen molar-refractivity contribution in [3.63, 3.8) is 0 Å². The van der Waals surface area contributed by atoms with Crippen LogP contribution in [0, 0.1) is 17.0 Å². The molecular weight excluding hydrogens is 316 g/mol. The van der Waals surface area contributed by atoms with Gasteiger partial charge < -0.3 is 10.4 Å². The van der Waals surface area contributed by atoms with Crippen molar-refractivity contribution in [2.75, 3.05) is 5.32 Å². The van der Waals surface area contributed by atoms with E-state index in [1.807, 2.05) is 0 Å². The summed E-state index contributed by atoms with van der Waals surface area (Å²) < 4.78 is 1.19. The molecular formula is C15H16N4O5. The number of nitrogens with zero attached hydrogens (tertiary/aromatic N) is 3. The van der Waals surface area contributed by atoms with Gasteiger partial charge in [-0.1, -0.05) is 6.07 Å². The highest BCUT2D eigenvalue weighted by atomic mass is 16.6. The Morgan fingerprint density at radius 1 is 1.38 bits per heavy atom. The molecule has 0 aliphatic rings. The van der Waals surface area contributed by atoms with Crippen molar-refractivity contribution < 1.29 is 19.6 Å². The number of nitro groups is 1. The Morgan fingerprint density at radius 2 is 2.04 bits per heavy atom. The first-order valence-electron chi connectivity index (χ1n) is 6.98. The van der Waals surface area contributed by atoms with Gasteiger partial charge in [-0.15, -0.1) is 0 Å². The molecule has 0 unspecified atom stereocenters. The third kappa shape index (κ3) is 3.24. The summed E-state index contributed by atoms with van der Waals surface area (Å²) in [5.74, 6) is -1.58. The van der Waals surface area contributed by atoms with Gasteiger partial charge in [-0.3, -0.25) is 19.6 Å². The van der Waals surface area contributed by atoms with Crippen LogP contribution in [0.25, 0.3) is 0 Å². The number of carboxylic acids is 1. The minimum Gasteiger partial charge on any atom is -0.478 e. The summed E-state index contributed by atoms with van der Waals surface area (Å²) in [6, 6.07) is 4.53. The molecule has 2 rings (SSSR count). The first-order chi connectivity index (χ1) is 11.1. The van der Waals surface area contributed by atoms with Crippen LogP contribution in [0.1, 0.15) is 29.8 Å². The minimum absolute atomic E-state index is 0.0836. The van der Waals surface area contributed by atoms with Gasteiger partial charge in [-0.2, -0.15) is 5.10 Å². The SMILES string of the molecule is Cc1ccc(NC(=O)C(C)(C)n2cc([N+](=O)[O-])cn2)cc1C(=O)O. The lowest BCUT2D eigenvalue weighted by Crippen LogP contribution is -2.40. The number of aryl methyl sites for hydroxylation is 1. The summed E-state index contributed by atoms with van der Waals surface area (Å²) in [7, 11) is 0. The molecule has 2 aromatic rings. The molecule has 0 saturated carbocycles. The molecule has 2 N–H and O–H groups in total.